The quantitative estimate of drug-likeness (QED) is 0.346. The number of ether oxygens (including phenoxy) is 1. The van der Waals surface area contributed by atoms with E-state index in [1.807, 2.05) is 5.43 Å². The van der Waals surface area contributed by atoms with Gasteiger partial charge in [-0.25, -0.2) is 5.43 Å². The molecule has 25 heavy (non-hydrogen) atoms. The first-order valence-corrected chi connectivity index (χ1v) is 6.97. The lowest BCUT2D eigenvalue weighted by Crippen LogP contribution is -2.37. The molecule has 10 nitrogen and oxygen atoms in total. The summed E-state index contributed by atoms with van der Waals surface area (Å²) in [5, 5.41) is 16.9. The van der Waals surface area contributed by atoms with Gasteiger partial charge in [0.25, 0.3) is 0 Å². The van der Waals surface area contributed by atoms with E-state index in [0.717, 1.165) is 0 Å². The molecule has 2 N–H and O–H groups in total. The number of nitro benzene ring substituents is 1. The zero-order chi connectivity index (χ0) is 18.2. The van der Waals surface area contributed by atoms with Crippen molar-refractivity contribution in [3.8, 4) is 5.75 Å². The Kier molecular flexibility index (Phi) is 5.82. The number of furan rings is 1. The number of methoxy groups -OCH3 is 1. The van der Waals surface area contributed by atoms with Crippen LogP contribution in [-0.4, -0.2) is 30.1 Å². The van der Waals surface area contributed by atoms with E-state index in [1.54, 1.807) is 12.1 Å². The van der Waals surface area contributed by atoms with Crippen molar-refractivity contribution in [2.45, 2.75) is 6.54 Å². The zero-order valence-corrected chi connectivity index (χ0v) is 13.1. The van der Waals surface area contributed by atoms with E-state index < -0.39 is 16.7 Å². The van der Waals surface area contributed by atoms with Crippen LogP contribution in [0.25, 0.3) is 0 Å². The van der Waals surface area contributed by atoms with Gasteiger partial charge in [-0.05, 0) is 24.3 Å². The fraction of sp³-hybridized carbons (Fsp3) is 0.133. The third kappa shape index (κ3) is 4.89. The molecule has 0 spiro atoms. The first-order valence-electron chi connectivity index (χ1n) is 6.97. The number of nitro groups is 1. The number of benzene rings is 1. The van der Waals surface area contributed by atoms with E-state index >= 15 is 0 Å². The van der Waals surface area contributed by atoms with Crippen molar-refractivity contribution in [1.29, 1.82) is 0 Å². The minimum absolute atomic E-state index is 0.0631. The predicted octanol–water partition coefficient (Wildman–Crippen LogP) is 0.963. The molecule has 0 unspecified atom stereocenters. The van der Waals surface area contributed by atoms with Crippen LogP contribution >= 0.6 is 0 Å². The van der Waals surface area contributed by atoms with Crippen molar-refractivity contribution in [1.82, 2.24) is 10.7 Å². The third-order valence-corrected chi connectivity index (χ3v) is 2.99. The van der Waals surface area contributed by atoms with Crippen LogP contribution < -0.4 is 15.5 Å². The Morgan fingerprint density at radius 3 is 2.80 bits per heavy atom. The predicted molar refractivity (Wildman–Crippen MR) is 85.9 cm³/mol. The van der Waals surface area contributed by atoms with Crippen LogP contribution in [0.15, 0.2) is 46.1 Å². The fourth-order valence-corrected chi connectivity index (χ4v) is 1.81. The number of carbonyl (C=O) groups is 2. The lowest BCUT2D eigenvalue weighted by atomic mass is 10.2. The normalized spacial score (nSPS) is 10.4. The molecule has 0 atom stereocenters. The van der Waals surface area contributed by atoms with E-state index in [2.05, 4.69) is 10.4 Å². The maximum atomic E-state index is 11.6. The Hall–Kier alpha value is -3.69. The third-order valence-electron chi connectivity index (χ3n) is 2.99. The minimum atomic E-state index is -0.981. The smallest absolute Gasteiger partial charge is 0.329 e. The first kappa shape index (κ1) is 17.7. The number of hydrazone groups is 1. The lowest BCUT2D eigenvalue weighted by molar-refractivity contribution is -0.385. The highest BCUT2D eigenvalue weighted by molar-refractivity contribution is 6.35. The highest BCUT2D eigenvalue weighted by Crippen LogP contribution is 2.26. The number of hydrogen-bond donors (Lipinski definition) is 2. The Morgan fingerprint density at radius 1 is 1.36 bits per heavy atom. The number of nitrogens with one attached hydrogen (secondary N) is 2. The first-order chi connectivity index (χ1) is 12.0. The summed E-state index contributed by atoms with van der Waals surface area (Å²) in [5.74, 6) is -1.28. The van der Waals surface area contributed by atoms with Crippen molar-refractivity contribution >= 4 is 23.7 Å². The van der Waals surface area contributed by atoms with Crippen LogP contribution in [0.3, 0.4) is 0 Å². The molecule has 0 saturated heterocycles. The molecule has 1 heterocycles. The molecule has 2 amide bonds. The molecular formula is C15H14N4O6. The zero-order valence-electron chi connectivity index (χ0n) is 13.1. The average molecular weight is 346 g/mol. The number of rotatable bonds is 6. The van der Waals surface area contributed by atoms with Gasteiger partial charge in [-0.15, -0.1) is 0 Å². The summed E-state index contributed by atoms with van der Waals surface area (Å²) < 4.78 is 9.89. The molecule has 0 aliphatic heterocycles. The second-order valence-electron chi connectivity index (χ2n) is 4.65. The molecule has 0 fully saturated rings. The second-order valence-corrected chi connectivity index (χ2v) is 4.65. The number of carbonyl (C=O) groups excluding carboxylic acids is 2. The molecule has 10 heteroatoms. The molecule has 0 bridgehead atoms. The summed E-state index contributed by atoms with van der Waals surface area (Å²) in [6, 6.07) is 7.44. The number of amides is 2. The standard InChI is InChI=1S/C15H14N4O6/c1-24-13-5-4-10(7-12(13)19(22)23)8-17-18-15(21)14(20)16-9-11-3-2-6-25-11/h2-8H,9H2,1H3,(H,16,20)(H,18,21)/b17-8+. The SMILES string of the molecule is COc1ccc(/C=N/NC(=O)C(=O)NCc2ccco2)cc1[N+](=O)[O-]. The van der Waals surface area contributed by atoms with E-state index in [-0.39, 0.29) is 18.0 Å². The molecule has 1 aromatic carbocycles. The van der Waals surface area contributed by atoms with Crippen LogP contribution in [-0.2, 0) is 16.1 Å². The Labute approximate surface area is 141 Å². The molecule has 0 radical (unpaired) electrons. The number of nitrogens with zero attached hydrogens (tertiary/aromatic N) is 2. The van der Waals surface area contributed by atoms with E-state index in [0.29, 0.717) is 11.3 Å². The molecular weight excluding hydrogens is 332 g/mol. The largest absolute Gasteiger partial charge is 0.490 e. The molecule has 2 rings (SSSR count). The monoisotopic (exact) mass is 346 g/mol. The topological polar surface area (TPSA) is 136 Å². The average Bonchev–Trinajstić information content (AvgIpc) is 3.12. The summed E-state index contributed by atoms with van der Waals surface area (Å²) in [7, 11) is 1.32. The van der Waals surface area contributed by atoms with Crippen molar-refractivity contribution in [2.75, 3.05) is 7.11 Å². The van der Waals surface area contributed by atoms with Gasteiger partial charge in [0, 0.05) is 11.6 Å². The maximum Gasteiger partial charge on any atom is 0.329 e. The van der Waals surface area contributed by atoms with Gasteiger partial charge in [0.15, 0.2) is 5.75 Å². The highest BCUT2D eigenvalue weighted by atomic mass is 16.6. The molecule has 1 aromatic heterocycles. The summed E-state index contributed by atoms with van der Waals surface area (Å²) in [6.45, 7) is 0.0631. The fourth-order valence-electron chi connectivity index (χ4n) is 1.81. The van der Waals surface area contributed by atoms with Gasteiger partial charge in [0.2, 0.25) is 0 Å². The van der Waals surface area contributed by atoms with Gasteiger partial charge < -0.3 is 14.5 Å². The van der Waals surface area contributed by atoms with Gasteiger partial charge in [-0.1, -0.05) is 0 Å². The van der Waals surface area contributed by atoms with Crippen LogP contribution in [0.5, 0.6) is 5.75 Å². The van der Waals surface area contributed by atoms with Crippen LogP contribution in [0.2, 0.25) is 0 Å². The Morgan fingerprint density at radius 2 is 2.16 bits per heavy atom. The van der Waals surface area contributed by atoms with E-state index in [9.17, 15) is 19.7 Å². The molecule has 0 aliphatic carbocycles. The van der Waals surface area contributed by atoms with Crippen molar-refractivity contribution in [2.24, 2.45) is 5.10 Å². The van der Waals surface area contributed by atoms with Crippen LogP contribution in [0.4, 0.5) is 5.69 Å². The molecule has 0 aliphatic rings. The Bertz CT molecular complexity index is 800. The van der Waals surface area contributed by atoms with Crippen molar-refractivity contribution in [3.63, 3.8) is 0 Å². The van der Waals surface area contributed by atoms with E-state index in [1.165, 1.54) is 37.8 Å². The molecule has 130 valence electrons. The van der Waals surface area contributed by atoms with Gasteiger partial charge in [0.05, 0.1) is 31.1 Å². The summed E-state index contributed by atoms with van der Waals surface area (Å²) in [4.78, 5) is 33.5. The number of hydrogen-bond acceptors (Lipinski definition) is 7. The van der Waals surface area contributed by atoms with Gasteiger partial charge in [-0.2, -0.15) is 5.10 Å². The molecule has 2 aromatic rings. The van der Waals surface area contributed by atoms with Gasteiger partial charge in [0.1, 0.15) is 5.76 Å². The van der Waals surface area contributed by atoms with Crippen LogP contribution in [0, 0.1) is 10.1 Å². The van der Waals surface area contributed by atoms with Gasteiger partial charge >= 0.3 is 17.5 Å². The maximum absolute atomic E-state index is 11.6. The Balaban J connectivity index is 1.91. The summed E-state index contributed by atoms with van der Waals surface area (Å²) in [5.41, 5.74) is 2.13. The summed E-state index contributed by atoms with van der Waals surface area (Å²) in [6.07, 6.45) is 2.62. The van der Waals surface area contributed by atoms with Crippen LogP contribution in [0.1, 0.15) is 11.3 Å². The highest BCUT2D eigenvalue weighted by Gasteiger charge is 2.15. The van der Waals surface area contributed by atoms with E-state index in [4.69, 9.17) is 9.15 Å². The summed E-state index contributed by atoms with van der Waals surface area (Å²) >= 11 is 0. The van der Waals surface area contributed by atoms with Crippen molar-refractivity contribution in [3.05, 3.63) is 58.0 Å². The lowest BCUT2D eigenvalue weighted by Gasteiger charge is -2.03. The minimum Gasteiger partial charge on any atom is -0.490 e. The van der Waals surface area contributed by atoms with Crippen molar-refractivity contribution < 1.29 is 23.7 Å². The second kappa shape index (κ2) is 8.24. The van der Waals surface area contributed by atoms with Gasteiger partial charge in [-0.3, -0.25) is 19.7 Å². The molecule has 0 saturated carbocycles.